The van der Waals surface area contributed by atoms with E-state index in [4.69, 9.17) is 0 Å². The Kier molecular flexibility index (Phi) is 8.64. The third kappa shape index (κ3) is 7.34. The Morgan fingerprint density at radius 3 is 2.72 bits per heavy atom. The fraction of sp³-hybridized carbons (Fsp3) is 1.00. The Bertz CT molecular complexity index is 196. The number of hydrogen-bond donors (Lipinski definition) is 1. The molecule has 1 heterocycles. The van der Waals surface area contributed by atoms with Crippen molar-refractivity contribution >= 4 is 0 Å². The zero-order valence-corrected chi connectivity index (χ0v) is 12.7. The maximum absolute atomic E-state index is 3.57. The Labute approximate surface area is 114 Å². The third-order valence-corrected chi connectivity index (χ3v) is 3.92. The number of nitrogens with one attached hydrogen (secondary N) is 1. The van der Waals surface area contributed by atoms with Gasteiger partial charge >= 0.3 is 0 Å². The van der Waals surface area contributed by atoms with Crippen molar-refractivity contribution in [1.29, 1.82) is 0 Å². The fourth-order valence-corrected chi connectivity index (χ4v) is 2.60. The molecule has 0 aromatic rings. The Morgan fingerprint density at radius 1 is 1.11 bits per heavy atom. The summed E-state index contributed by atoms with van der Waals surface area (Å²) in [4.78, 5) is 5.10. The molecule has 1 fully saturated rings. The molecule has 1 aliphatic heterocycles. The van der Waals surface area contributed by atoms with Crippen molar-refractivity contribution < 1.29 is 0 Å². The molecule has 0 radical (unpaired) electrons. The smallest absolute Gasteiger partial charge is 0.0109 e. The summed E-state index contributed by atoms with van der Waals surface area (Å²) in [5.41, 5.74) is 0. The van der Waals surface area contributed by atoms with E-state index in [9.17, 15) is 0 Å². The highest BCUT2D eigenvalue weighted by Crippen LogP contribution is 2.06. The number of unbranched alkanes of at least 4 members (excludes halogenated alkanes) is 1. The zero-order chi connectivity index (χ0) is 13.2. The monoisotopic (exact) mass is 255 g/mol. The minimum atomic E-state index is 0.695. The summed E-state index contributed by atoms with van der Waals surface area (Å²) in [6.45, 7) is 12.1. The van der Waals surface area contributed by atoms with E-state index >= 15 is 0 Å². The maximum atomic E-state index is 3.57. The van der Waals surface area contributed by atoms with Crippen LogP contribution in [0.4, 0.5) is 0 Å². The SMILES string of the molecule is CCCNC(C)CCCCN1CCCN(C)CC1. The van der Waals surface area contributed by atoms with Crippen LogP contribution < -0.4 is 5.32 Å². The fourth-order valence-electron chi connectivity index (χ4n) is 2.60. The quantitative estimate of drug-likeness (QED) is 0.671. The van der Waals surface area contributed by atoms with Gasteiger partial charge in [0.05, 0.1) is 0 Å². The van der Waals surface area contributed by atoms with Gasteiger partial charge in [0.15, 0.2) is 0 Å². The lowest BCUT2D eigenvalue weighted by Crippen LogP contribution is -2.30. The van der Waals surface area contributed by atoms with E-state index in [2.05, 4.69) is 36.0 Å². The minimum absolute atomic E-state index is 0.695. The third-order valence-electron chi connectivity index (χ3n) is 3.92. The molecule has 1 aliphatic rings. The summed E-state index contributed by atoms with van der Waals surface area (Å²) in [6.07, 6.45) is 6.64. The van der Waals surface area contributed by atoms with Crippen molar-refractivity contribution in [1.82, 2.24) is 15.1 Å². The second-order valence-corrected chi connectivity index (χ2v) is 5.85. The molecule has 108 valence electrons. The van der Waals surface area contributed by atoms with Gasteiger partial charge in [-0.1, -0.05) is 13.3 Å². The van der Waals surface area contributed by atoms with Gasteiger partial charge in [0.2, 0.25) is 0 Å². The van der Waals surface area contributed by atoms with Crippen LogP contribution in [0.5, 0.6) is 0 Å². The topological polar surface area (TPSA) is 18.5 Å². The van der Waals surface area contributed by atoms with Crippen LogP contribution in [-0.2, 0) is 0 Å². The molecule has 3 nitrogen and oxygen atoms in total. The highest BCUT2D eigenvalue weighted by molar-refractivity contribution is 4.68. The standard InChI is InChI=1S/C15H33N3/c1-4-9-16-15(2)8-5-6-11-18-12-7-10-17(3)13-14-18/h15-16H,4-14H2,1-3H3. The first-order chi connectivity index (χ1) is 8.72. The van der Waals surface area contributed by atoms with Crippen LogP contribution in [0.25, 0.3) is 0 Å². The van der Waals surface area contributed by atoms with E-state index < -0.39 is 0 Å². The molecule has 0 aromatic heterocycles. The Hall–Kier alpha value is -0.120. The first-order valence-corrected chi connectivity index (χ1v) is 7.86. The molecule has 1 unspecified atom stereocenters. The number of nitrogens with zero attached hydrogens (tertiary/aromatic N) is 2. The Morgan fingerprint density at radius 2 is 1.94 bits per heavy atom. The number of hydrogen-bond acceptors (Lipinski definition) is 3. The average Bonchev–Trinajstić information content (AvgIpc) is 2.57. The van der Waals surface area contributed by atoms with E-state index in [0.29, 0.717) is 6.04 Å². The van der Waals surface area contributed by atoms with Crippen LogP contribution in [0, 0.1) is 0 Å². The first kappa shape index (κ1) is 15.9. The lowest BCUT2D eigenvalue weighted by atomic mass is 10.1. The van der Waals surface area contributed by atoms with Crippen LogP contribution in [0.2, 0.25) is 0 Å². The summed E-state index contributed by atoms with van der Waals surface area (Å²) in [5.74, 6) is 0. The highest BCUT2D eigenvalue weighted by Gasteiger charge is 2.11. The second-order valence-electron chi connectivity index (χ2n) is 5.85. The molecule has 0 amide bonds. The van der Waals surface area contributed by atoms with E-state index in [0.717, 1.165) is 0 Å². The van der Waals surface area contributed by atoms with E-state index in [1.165, 1.54) is 71.4 Å². The van der Waals surface area contributed by atoms with Crippen molar-refractivity contribution in [3.05, 3.63) is 0 Å². The first-order valence-electron chi connectivity index (χ1n) is 7.86. The zero-order valence-electron chi connectivity index (χ0n) is 12.7. The highest BCUT2D eigenvalue weighted by atomic mass is 15.2. The average molecular weight is 255 g/mol. The van der Waals surface area contributed by atoms with Crippen LogP contribution in [0.15, 0.2) is 0 Å². The maximum Gasteiger partial charge on any atom is 0.0109 e. The van der Waals surface area contributed by atoms with Gasteiger partial charge in [-0.05, 0) is 65.8 Å². The predicted molar refractivity (Wildman–Crippen MR) is 80.2 cm³/mol. The summed E-state index contributed by atoms with van der Waals surface area (Å²) < 4.78 is 0. The minimum Gasteiger partial charge on any atom is -0.314 e. The molecule has 1 atom stereocenters. The van der Waals surface area contributed by atoms with Gasteiger partial charge in [0, 0.05) is 19.1 Å². The van der Waals surface area contributed by atoms with Crippen molar-refractivity contribution in [2.75, 3.05) is 46.3 Å². The molecule has 0 aliphatic carbocycles. The van der Waals surface area contributed by atoms with Gasteiger partial charge < -0.3 is 15.1 Å². The molecule has 1 rings (SSSR count). The van der Waals surface area contributed by atoms with Crippen LogP contribution >= 0.6 is 0 Å². The number of rotatable bonds is 8. The van der Waals surface area contributed by atoms with Gasteiger partial charge in [-0.2, -0.15) is 0 Å². The lowest BCUT2D eigenvalue weighted by Gasteiger charge is -2.20. The van der Waals surface area contributed by atoms with Crippen LogP contribution in [0.3, 0.4) is 0 Å². The second kappa shape index (κ2) is 9.76. The molecule has 0 aromatic carbocycles. The summed E-state index contributed by atoms with van der Waals surface area (Å²) in [6, 6.07) is 0.695. The molecule has 0 bridgehead atoms. The van der Waals surface area contributed by atoms with E-state index in [-0.39, 0.29) is 0 Å². The van der Waals surface area contributed by atoms with Crippen molar-refractivity contribution in [3.8, 4) is 0 Å². The molecule has 0 saturated carbocycles. The van der Waals surface area contributed by atoms with Crippen molar-refractivity contribution in [2.24, 2.45) is 0 Å². The summed E-state index contributed by atoms with van der Waals surface area (Å²) in [7, 11) is 2.24. The predicted octanol–water partition coefficient (Wildman–Crippen LogP) is 2.18. The van der Waals surface area contributed by atoms with Crippen molar-refractivity contribution in [2.45, 2.75) is 52.0 Å². The molecule has 1 N–H and O–H groups in total. The van der Waals surface area contributed by atoms with Gasteiger partial charge in [0.1, 0.15) is 0 Å². The molecule has 0 spiro atoms. The van der Waals surface area contributed by atoms with Crippen LogP contribution in [-0.4, -0.2) is 62.2 Å². The largest absolute Gasteiger partial charge is 0.314 e. The van der Waals surface area contributed by atoms with Crippen LogP contribution in [0.1, 0.15) is 46.0 Å². The number of likely N-dealkylation sites (N-methyl/N-ethyl adjacent to an activating group) is 1. The van der Waals surface area contributed by atoms with Gasteiger partial charge in [-0.15, -0.1) is 0 Å². The van der Waals surface area contributed by atoms with Gasteiger partial charge in [-0.3, -0.25) is 0 Å². The van der Waals surface area contributed by atoms with Crippen molar-refractivity contribution in [3.63, 3.8) is 0 Å². The normalized spacial score (nSPS) is 20.8. The molecular weight excluding hydrogens is 222 g/mol. The lowest BCUT2D eigenvalue weighted by molar-refractivity contribution is 0.269. The summed E-state index contributed by atoms with van der Waals surface area (Å²) in [5, 5.41) is 3.57. The molecule has 3 heteroatoms. The Balaban J connectivity index is 1.99. The molecule has 1 saturated heterocycles. The molecule has 18 heavy (non-hydrogen) atoms. The van der Waals surface area contributed by atoms with Gasteiger partial charge in [0.25, 0.3) is 0 Å². The van der Waals surface area contributed by atoms with E-state index in [1.54, 1.807) is 0 Å². The summed E-state index contributed by atoms with van der Waals surface area (Å²) >= 11 is 0. The van der Waals surface area contributed by atoms with E-state index in [1.807, 2.05) is 0 Å². The van der Waals surface area contributed by atoms with Gasteiger partial charge in [-0.25, -0.2) is 0 Å². The molecular formula is C15H33N3.